The van der Waals surface area contributed by atoms with Crippen LogP contribution in [0.3, 0.4) is 0 Å². The second-order valence-corrected chi connectivity index (χ2v) is 6.48. The van der Waals surface area contributed by atoms with Gasteiger partial charge < -0.3 is 0 Å². The largest absolute Gasteiger partial charge is 0.288 e. The standard InChI is InChI=1S/C17H12FNOS2/c18-14-8-4-7-13(9-14)10-15-16(20)19(17(21)22-15)11-12-5-2-1-3-6-12/h1-10H,11H2/b15-10+. The van der Waals surface area contributed by atoms with E-state index in [1.165, 1.54) is 23.9 Å². The highest BCUT2D eigenvalue weighted by Gasteiger charge is 2.31. The van der Waals surface area contributed by atoms with E-state index in [0.717, 1.165) is 5.56 Å². The summed E-state index contributed by atoms with van der Waals surface area (Å²) in [7, 11) is 0. The Labute approximate surface area is 137 Å². The molecule has 1 fully saturated rings. The van der Waals surface area contributed by atoms with Gasteiger partial charge in [-0.1, -0.05) is 66.4 Å². The van der Waals surface area contributed by atoms with Crippen molar-refractivity contribution in [1.29, 1.82) is 0 Å². The number of amides is 1. The van der Waals surface area contributed by atoms with Gasteiger partial charge in [0.2, 0.25) is 0 Å². The molecule has 0 saturated carbocycles. The number of rotatable bonds is 3. The van der Waals surface area contributed by atoms with E-state index in [1.807, 2.05) is 30.3 Å². The fourth-order valence-electron chi connectivity index (χ4n) is 2.15. The molecule has 2 aromatic carbocycles. The first kappa shape index (κ1) is 14.9. The van der Waals surface area contributed by atoms with E-state index < -0.39 is 0 Å². The summed E-state index contributed by atoms with van der Waals surface area (Å²) in [6.07, 6.45) is 1.67. The maximum absolute atomic E-state index is 13.2. The Kier molecular flexibility index (Phi) is 4.36. The first-order chi connectivity index (χ1) is 10.6. The summed E-state index contributed by atoms with van der Waals surface area (Å²) in [4.78, 5) is 14.6. The Bertz CT molecular complexity index is 758. The second-order valence-electron chi connectivity index (χ2n) is 4.81. The molecule has 0 spiro atoms. The summed E-state index contributed by atoms with van der Waals surface area (Å²) in [6.45, 7) is 0.450. The molecule has 0 radical (unpaired) electrons. The van der Waals surface area contributed by atoms with Gasteiger partial charge in [-0.3, -0.25) is 9.69 Å². The molecule has 0 aliphatic carbocycles. The molecule has 110 valence electrons. The lowest BCUT2D eigenvalue weighted by atomic mass is 10.2. The predicted octanol–water partition coefficient (Wildman–Crippen LogP) is 4.23. The van der Waals surface area contributed by atoms with E-state index in [4.69, 9.17) is 12.2 Å². The highest BCUT2D eigenvalue weighted by molar-refractivity contribution is 8.26. The molecule has 1 aliphatic rings. The van der Waals surface area contributed by atoms with Gasteiger partial charge in [0.25, 0.3) is 5.91 Å². The minimum atomic E-state index is -0.325. The van der Waals surface area contributed by atoms with Crippen molar-refractivity contribution in [2.45, 2.75) is 6.54 Å². The highest BCUT2D eigenvalue weighted by Crippen LogP contribution is 2.33. The molecule has 0 bridgehead atoms. The molecule has 0 atom stereocenters. The molecule has 2 nitrogen and oxygen atoms in total. The Morgan fingerprint density at radius 1 is 1.14 bits per heavy atom. The monoisotopic (exact) mass is 329 g/mol. The lowest BCUT2D eigenvalue weighted by Gasteiger charge is -2.14. The molecule has 2 aromatic rings. The summed E-state index contributed by atoms with van der Waals surface area (Å²) in [5, 5.41) is 0. The smallest absolute Gasteiger partial charge is 0.266 e. The molecular weight excluding hydrogens is 317 g/mol. The van der Waals surface area contributed by atoms with Gasteiger partial charge in [-0.05, 0) is 29.3 Å². The lowest BCUT2D eigenvalue weighted by Crippen LogP contribution is -2.27. The normalized spacial score (nSPS) is 16.6. The van der Waals surface area contributed by atoms with Crippen LogP contribution in [0.1, 0.15) is 11.1 Å². The number of hydrogen-bond donors (Lipinski definition) is 0. The Morgan fingerprint density at radius 2 is 1.91 bits per heavy atom. The SMILES string of the molecule is O=C1/C(=C\c2cccc(F)c2)SC(=S)N1Cc1ccccc1. The van der Waals surface area contributed by atoms with Crippen LogP contribution in [0.5, 0.6) is 0 Å². The quantitative estimate of drug-likeness (QED) is 0.621. The van der Waals surface area contributed by atoms with Crippen molar-refractivity contribution in [2.24, 2.45) is 0 Å². The Balaban J connectivity index is 1.82. The minimum absolute atomic E-state index is 0.136. The van der Waals surface area contributed by atoms with E-state index in [0.29, 0.717) is 21.3 Å². The van der Waals surface area contributed by atoms with E-state index in [1.54, 1.807) is 23.1 Å². The fraction of sp³-hybridized carbons (Fsp3) is 0.0588. The summed E-state index contributed by atoms with van der Waals surface area (Å²) < 4.78 is 13.7. The van der Waals surface area contributed by atoms with Crippen LogP contribution in [0, 0.1) is 5.82 Å². The molecule has 1 aliphatic heterocycles. The predicted molar refractivity (Wildman–Crippen MR) is 91.6 cm³/mol. The average Bonchev–Trinajstić information content (AvgIpc) is 2.76. The van der Waals surface area contributed by atoms with Crippen LogP contribution in [-0.4, -0.2) is 15.1 Å². The maximum atomic E-state index is 13.2. The van der Waals surface area contributed by atoms with Crippen molar-refractivity contribution < 1.29 is 9.18 Å². The molecule has 3 rings (SSSR count). The van der Waals surface area contributed by atoms with Crippen LogP contribution >= 0.6 is 24.0 Å². The topological polar surface area (TPSA) is 20.3 Å². The van der Waals surface area contributed by atoms with Gasteiger partial charge in [0.1, 0.15) is 10.1 Å². The molecule has 0 aromatic heterocycles. The molecule has 0 unspecified atom stereocenters. The van der Waals surface area contributed by atoms with Crippen molar-refractivity contribution >= 4 is 40.3 Å². The number of halogens is 1. The summed E-state index contributed by atoms with van der Waals surface area (Å²) >= 11 is 6.54. The van der Waals surface area contributed by atoms with E-state index in [2.05, 4.69) is 0 Å². The van der Waals surface area contributed by atoms with Crippen LogP contribution in [-0.2, 0) is 11.3 Å². The third kappa shape index (κ3) is 3.26. The number of thiocarbonyl (C=S) groups is 1. The molecular formula is C17H12FNOS2. The zero-order valence-electron chi connectivity index (χ0n) is 11.5. The third-order valence-corrected chi connectivity index (χ3v) is 4.58. The zero-order chi connectivity index (χ0) is 15.5. The third-order valence-electron chi connectivity index (χ3n) is 3.20. The van der Waals surface area contributed by atoms with Crippen LogP contribution < -0.4 is 0 Å². The molecule has 5 heteroatoms. The van der Waals surface area contributed by atoms with Gasteiger partial charge in [-0.15, -0.1) is 0 Å². The van der Waals surface area contributed by atoms with Crippen molar-refractivity contribution in [1.82, 2.24) is 4.90 Å². The van der Waals surface area contributed by atoms with Gasteiger partial charge in [-0.2, -0.15) is 0 Å². The summed E-state index contributed by atoms with van der Waals surface area (Å²) in [5.41, 5.74) is 1.67. The van der Waals surface area contributed by atoms with Crippen molar-refractivity contribution in [3.63, 3.8) is 0 Å². The number of carbonyl (C=O) groups is 1. The summed E-state index contributed by atoms with van der Waals surface area (Å²) in [5.74, 6) is -0.461. The lowest BCUT2D eigenvalue weighted by molar-refractivity contribution is -0.122. The van der Waals surface area contributed by atoms with E-state index in [9.17, 15) is 9.18 Å². The number of hydrogen-bond acceptors (Lipinski definition) is 3. The van der Waals surface area contributed by atoms with Gasteiger partial charge in [0.05, 0.1) is 11.4 Å². The van der Waals surface area contributed by atoms with Crippen molar-refractivity contribution in [3.05, 3.63) is 76.4 Å². The minimum Gasteiger partial charge on any atom is -0.288 e. The number of carbonyl (C=O) groups excluding carboxylic acids is 1. The fourth-order valence-corrected chi connectivity index (χ4v) is 3.41. The van der Waals surface area contributed by atoms with E-state index in [-0.39, 0.29) is 11.7 Å². The number of nitrogens with zero attached hydrogens (tertiary/aromatic N) is 1. The zero-order valence-corrected chi connectivity index (χ0v) is 13.2. The van der Waals surface area contributed by atoms with Crippen molar-refractivity contribution in [3.8, 4) is 0 Å². The Hall–Kier alpha value is -1.98. The first-order valence-electron chi connectivity index (χ1n) is 6.68. The first-order valence-corrected chi connectivity index (χ1v) is 7.91. The maximum Gasteiger partial charge on any atom is 0.266 e. The van der Waals surface area contributed by atoms with Crippen LogP contribution in [0.2, 0.25) is 0 Å². The second kappa shape index (κ2) is 6.42. The average molecular weight is 329 g/mol. The molecule has 1 saturated heterocycles. The number of benzene rings is 2. The molecule has 1 amide bonds. The van der Waals surface area contributed by atoms with Crippen LogP contribution in [0.4, 0.5) is 4.39 Å². The van der Waals surface area contributed by atoms with Crippen LogP contribution in [0.25, 0.3) is 6.08 Å². The van der Waals surface area contributed by atoms with E-state index >= 15 is 0 Å². The van der Waals surface area contributed by atoms with Crippen molar-refractivity contribution in [2.75, 3.05) is 0 Å². The summed E-state index contributed by atoms with van der Waals surface area (Å²) in [6, 6.07) is 15.8. The molecule has 22 heavy (non-hydrogen) atoms. The molecule has 1 heterocycles. The molecule has 0 N–H and O–H groups in total. The number of thioether (sulfide) groups is 1. The van der Waals surface area contributed by atoms with Gasteiger partial charge in [-0.25, -0.2) is 4.39 Å². The van der Waals surface area contributed by atoms with Gasteiger partial charge in [0, 0.05) is 0 Å². The van der Waals surface area contributed by atoms with Gasteiger partial charge in [0.15, 0.2) is 0 Å². The highest BCUT2D eigenvalue weighted by atomic mass is 32.2. The van der Waals surface area contributed by atoms with Crippen LogP contribution in [0.15, 0.2) is 59.5 Å². The van der Waals surface area contributed by atoms with Gasteiger partial charge >= 0.3 is 0 Å². The Morgan fingerprint density at radius 3 is 2.64 bits per heavy atom.